The van der Waals surface area contributed by atoms with Crippen molar-refractivity contribution in [2.24, 2.45) is 0 Å². The lowest BCUT2D eigenvalue weighted by molar-refractivity contribution is 0.0952. The highest BCUT2D eigenvalue weighted by Crippen LogP contribution is 2.13. The number of aliphatic hydroxyl groups is 1. The molecule has 0 aromatic heterocycles. The zero-order valence-corrected chi connectivity index (χ0v) is 13.4. The number of hydrogen-bond acceptors (Lipinski definition) is 3. The van der Waals surface area contributed by atoms with Crippen LogP contribution in [0.3, 0.4) is 0 Å². The van der Waals surface area contributed by atoms with Gasteiger partial charge in [0.15, 0.2) is 0 Å². The predicted molar refractivity (Wildman–Crippen MR) is 85.6 cm³/mol. The van der Waals surface area contributed by atoms with Gasteiger partial charge in [0.05, 0.1) is 0 Å². The second-order valence-electron chi connectivity index (χ2n) is 4.79. The molecule has 0 saturated carbocycles. The largest absolute Gasteiger partial charge is 0.384 e. The normalized spacial score (nSPS) is 13.0. The molecule has 2 unspecified atom stereocenters. The van der Waals surface area contributed by atoms with Gasteiger partial charge in [-0.1, -0.05) is 24.8 Å². The molecule has 1 aromatic carbocycles. The number of carbonyl (C=O) groups is 1. The molecule has 21 heavy (non-hydrogen) atoms. The van der Waals surface area contributed by atoms with E-state index in [2.05, 4.69) is 17.2 Å². The second kappa shape index (κ2) is 8.60. The van der Waals surface area contributed by atoms with Crippen LogP contribution < -0.4 is 5.32 Å². The summed E-state index contributed by atoms with van der Waals surface area (Å²) in [5, 5.41) is 11.6. The van der Waals surface area contributed by atoms with Crippen LogP contribution in [0.25, 0.3) is 0 Å². The lowest BCUT2D eigenvalue weighted by Gasteiger charge is -2.11. The van der Waals surface area contributed by atoms with Crippen molar-refractivity contribution in [3.63, 3.8) is 0 Å². The first-order valence-corrected chi connectivity index (χ1v) is 8.39. The average Bonchev–Trinajstić information content (AvgIpc) is 2.45. The van der Waals surface area contributed by atoms with Crippen LogP contribution in [0.4, 0.5) is 0 Å². The van der Waals surface area contributed by atoms with Crippen molar-refractivity contribution in [1.82, 2.24) is 5.32 Å². The second-order valence-corrected chi connectivity index (χ2v) is 6.59. The number of nitrogens with one attached hydrogen (secondary N) is 1. The average molecular weight is 307 g/mol. The summed E-state index contributed by atoms with van der Waals surface area (Å²) in [5.41, 5.74) is 2.10. The van der Waals surface area contributed by atoms with Gasteiger partial charge in [-0.2, -0.15) is 0 Å². The molecule has 0 bridgehead atoms. The molecule has 0 aliphatic carbocycles. The van der Waals surface area contributed by atoms with Crippen LogP contribution in [0.2, 0.25) is 0 Å². The Morgan fingerprint density at radius 1 is 1.48 bits per heavy atom. The Labute approximate surface area is 128 Å². The standard InChI is InChI=1S/C16H21NO3S/c1-12(21(3)20)9-10-17-16(19)15-8-4-6-14(13(15)2)7-5-11-18/h4,6,8,12,18H,9-11H2,1-3H3,(H,17,19). The third kappa shape index (κ3) is 5.33. The van der Waals surface area contributed by atoms with E-state index < -0.39 is 10.8 Å². The van der Waals surface area contributed by atoms with E-state index in [1.54, 1.807) is 18.4 Å². The zero-order chi connectivity index (χ0) is 15.8. The Hall–Kier alpha value is -1.64. The molecule has 1 amide bonds. The molecule has 1 rings (SSSR count). The first-order valence-electron chi connectivity index (χ1n) is 6.77. The van der Waals surface area contributed by atoms with E-state index in [0.717, 1.165) is 11.1 Å². The maximum Gasteiger partial charge on any atom is 0.251 e. The van der Waals surface area contributed by atoms with Gasteiger partial charge in [-0.25, -0.2) is 0 Å². The number of aliphatic hydroxyl groups excluding tert-OH is 1. The predicted octanol–water partition coefficient (Wildman–Crippen LogP) is 1.23. The number of rotatable bonds is 5. The van der Waals surface area contributed by atoms with Gasteiger partial charge in [-0.3, -0.25) is 9.00 Å². The number of carbonyl (C=O) groups excluding carboxylic acids is 1. The lowest BCUT2D eigenvalue weighted by Crippen LogP contribution is -2.28. The third-order valence-electron chi connectivity index (χ3n) is 3.28. The molecule has 0 radical (unpaired) electrons. The summed E-state index contributed by atoms with van der Waals surface area (Å²) in [6.45, 7) is 4.02. The molecule has 0 saturated heterocycles. The summed E-state index contributed by atoms with van der Waals surface area (Å²) >= 11 is 0. The first kappa shape index (κ1) is 17.4. The fraction of sp³-hybridized carbons (Fsp3) is 0.438. The van der Waals surface area contributed by atoms with Gasteiger partial charge in [0.2, 0.25) is 0 Å². The summed E-state index contributed by atoms with van der Waals surface area (Å²) in [7, 11) is -0.875. The molecule has 114 valence electrons. The van der Waals surface area contributed by atoms with Gasteiger partial charge in [0, 0.05) is 40.0 Å². The SMILES string of the molecule is Cc1c(C#CCO)cccc1C(=O)NCCC(C)S(C)=O. The fourth-order valence-corrected chi connectivity index (χ4v) is 2.25. The van der Waals surface area contributed by atoms with Crippen molar-refractivity contribution in [3.8, 4) is 11.8 Å². The summed E-state index contributed by atoms with van der Waals surface area (Å²) in [6.07, 6.45) is 2.35. The maximum absolute atomic E-state index is 12.2. The molecular weight excluding hydrogens is 286 g/mol. The van der Waals surface area contributed by atoms with Crippen molar-refractivity contribution in [2.75, 3.05) is 19.4 Å². The Morgan fingerprint density at radius 3 is 2.81 bits per heavy atom. The summed E-state index contributed by atoms with van der Waals surface area (Å²) < 4.78 is 11.3. The monoisotopic (exact) mass is 307 g/mol. The molecule has 0 aliphatic heterocycles. The van der Waals surface area contributed by atoms with Crippen LogP contribution in [0.5, 0.6) is 0 Å². The highest BCUT2D eigenvalue weighted by Gasteiger charge is 2.12. The van der Waals surface area contributed by atoms with Crippen molar-refractivity contribution in [1.29, 1.82) is 0 Å². The third-order valence-corrected chi connectivity index (χ3v) is 4.65. The summed E-state index contributed by atoms with van der Waals surface area (Å²) in [5.74, 6) is 5.25. The van der Waals surface area contributed by atoms with Gasteiger partial charge >= 0.3 is 0 Å². The summed E-state index contributed by atoms with van der Waals surface area (Å²) in [6, 6.07) is 5.33. The van der Waals surface area contributed by atoms with E-state index in [0.29, 0.717) is 18.5 Å². The molecule has 2 N–H and O–H groups in total. The minimum atomic E-state index is -0.875. The number of amides is 1. The number of hydrogen-bond donors (Lipinski definition) is 2. The highest BCUT2D eigenvalue weighted by molar-refractivity contribution is 7.84. The van der Waals surface area contributed by atoms with Crippen molar-refractivity contribution in [2.45, 2.75) is 25.5 Å². The Morgan fingerprint density at radius 2 is 2.19 bits per heavy atom. The molecule has 4 nitrogen and oxygen atoms in total. The topological polar surface area (TPSA) is 66.4 Å². The molecule has 0 heterocycles. The van der Waals surface area contributed by atoms with Crippen LogP contribution >= 0.6 is 0 Å². The van der Waals surface area contributed by atoms with Crippen LogP contribution in [-0.2, 0) is 10.8 Å². The van der Waals surface area contributed by atoms with Crippen LogP contribution in [0, 0.1) is 18.8 Å². The molecular formula is C16H21NO3S. The van der Waals surface area contributed by atoms with Crippen molar-refractivity contribution >= 4 is 16.7 Å². The summed E-state index contributed by atoms with van der Waals surface area (Å²) in [4.78, 5) is 12.2. The molecule has 0 spiro atoms. The Kier molecular flexibility index (Phi) is 7.13. The highest BCUT2D eigenvalue weighted by atomic mass is 32.2. The van der Waals surface area contributed by atoms with Crippen LogP contribution in [-0.4, -0.2) is 39.9 Å². The maximum atomic E-state index is 12.2. The zero-order valence-electron chi connectivity index (χ0n) is 12.6. The quantitative estimate of drug-likeness (QED) is 0.804. The van der Waals surface area contributed by atoms with E-state index in [-0.39, 0.29) is 17.8 Å². The van der Waals surface area contributed by atoms with E-state index in [4.69, 9.17) is 5.11 Å². The van der Waals surface area contributed by atoms with Gasteiger partial charge in [0.1, 0.15) is 6.61 Å². The number of benzene rings is 1. The van der Waals surface area contributed by atoms with E-state index in [9.17, 15) is 9.00 Å². The van der Waals surface area contributed by atoms with Crippen molar-refractivity contribution in [3.05, 3.63) is 34.9 Å². The van der Waals surface area contributed by atoms with E-state index in [1.165, 1.54) is 0 Å². The molecule has 5 heteroatoms. The fourth-order valence-electron chi connectivity index (χ4n) is 1.80. The van der Waals surface area contributed by atoms with E-state index >= 15 is 0 Å². The van der Waals surface area contributed by atoms with Crippen LogP contribution in [0.1, 0.15) is 34.8 Å². The lowest BCUT2D eigenvalue weighted by atomic mass is 10.0. The molecule has 0 fully saturated rings. The smallest absolute Gasteiger partial charge is 0.251 e. The van der Waals surface area contributed by atoms with Crippen LogP contribution in [0.15, 0.2) is 18.2 Å². The van der Waals surface area contributed by atoms with Gasteiger partial charge in [0.25, 0.3) is 5.91 Å². The van der Waals surface area contributed by atoms with Crippen molar-refractivity contribution < 1.29 is 14.1 Å². The minimum absolute atomic E-state index is 0.0631. The Balaban J connectivity index is 2.73. The Bertz CT molecular complexity index is 587. The molecule has 0 aliphatic rings. The molecule has 1 aromatic rings. The molecule has 2 atom stereocenters. The van der Waals surface area contributed by atoms with Gasteiger partial charge < -0.3 is 10.4 Å². The van der Waals surface area contributed by atoms with E-state index in [1.807, 2.05) is 19.9 Å². The minimum Gasteiger partial charge on any atom is -0.384 e. The first-order chi connectivity index (χ1) is 9.97. The van der Waals surface area contributed by atoms with Gasteiger partial charge in [-0.15, -0.1) is 0 Å². The van der Waals surface area contributed by atoms with Gasteiger partial charge in [-0.05, 0) is 31.0 Å².